The molecular formula is C20H42O5. The highest BCUT2D eigenvalue weighted by Crippen LogP contribution is 2.18. The lowest BCUT2D eigenvalue weighted by atomic mass is 9.95. The first-order chi connectivity index (χ1) is 12.3. The Labute approximate surface area is 155 Å². The summed E-state index contributed by atoms with van der Waals surface area (Å²) in [5, 5.41) is 8.54. The summed E-state index contributed by atoms with van der Waals surface area (Å²) in [5.41, 5.74) is 0. The summed E-state index contributed by atoms with van der Waals surface area (Å²) in [7, 11) is 0. The van der Waals surface area contributed by atoms with Gasteiger partial charge < -0.3 is 24.1 Å². The van der Waals surface area contributed by atoms with Crippen LogP contribution in [0.5, 0.6) is 0 Å². The van der Waals surface area contributed by atoms with Gasteiger partial charge in [-0.1, -0.05) is 58.8 Å². The molecule has 0 bridgehead atoms. The van der Waals surface area contributed by atoms with Gasteiger partial charge in [-0.3, -0.25) is 0 Å². The van der Waals surface area contributed by atoms with E-state index in [4.69, 9.17) is 24.1 Å². The second-order valence-corrected chi connectivity index (χ2v) is 6.44. The van der Waals surface area contributed by atoms with E-state index in [2.05, 4.69) is 13.8 Å². The molecule has 0 fully saturated rings. The molecule has 0 aromatic rings. The van der Waals surface area contributed by atoms with E-state index in [0.29, 0.717) is 46.2 Å². The maximum absolute atomic E-state index is 8.54. The van der Waals surface area contributed by atoms with Gasteiger partial charge in [0, 0.05) is 6.61 Å². The maximum Gasteiger partial charge on any atom is 0.0701 e. The van der Waals surface area contributed by atoms with Crippen molar-refractivity contribution in [3.63, 3.8) is 0 Å². The maximum atomic E-state index is 8.54. The van der Waals surface area contributed by atoms with Crippen molar-refractivity contribution in [2.24, 2.45) is 5.92 Å². The molecule has 5 nitrogen and oxygen atoms in total. The number of hydrogen-bond donors (Lipinski definition) is 1. The van der Waals surface area contributed by atoms with E-state index >= 15 is 0 Å². The molecule has 0 aliphatic carbocycles. The van der Waals surface area contributed by atoms with Gasteiger partial charge >= 0.3 is 0 Å². The van der Waals surface area contributed by atoms with Crippen molar-refractivity contribution in [1.29, 1.82) is 0 Å². The molecule has 1 atom stereocenters. The van der Waals surface area contributed by atoms with Crippen molar-refractivity contribution in [1.82, 2.24) is 0 Å². The van der Waals surface area contributed by atoms with Crippen LogP contribution in [0.15, 0.2) is 0 Å². The molecule has 0 saturated heterocycles. The molecule has 0 aliphatic rings. The topological polar surface area (TPSA) is 57.2 Å². The third kappa shape index (κ3) is 20.0. The van der Waals surface area contributed by atoms with E-state index in [0.717, 1.165) is 12.5 Å². The summed E-state index contributed by atoms with van der Waals surface area (Å²) in [6.45, 7) is 9.30. The first-order valence-corrected chi connectivity index (χ1v) is 10.3. The lowest BCUT2D eigenvalue weighted by molar-refractivity contribution is -0.00661. The third-order valence-electron chi connectivity index (χ3n) is 4.32. The summed E-state index contributed by atoms with van der Waals surface area (Å²) >= 11 is 0. The van der Waals surface area contributed by atoms with Crippen molar-refractivity contribution >= 4 is 0 Å². The van der Waals surface area contributed by atoms with Gasteiger partial charge in [-0.05, 0) is 12.3 Å². The highest BCUT2D eigenvalue weighted by atomic mass is 16.6. The van der Waals surface area contributed by atoms with Gasteiger partial charge in [0.2, 0.25) is 0 Å². The number of rotatable bonds is 21. The molecule has 25 heavy (non-hydrogen) atoms. The van der Waals surface area contributed by atoms with Gasteiger partial charge in [0.25, 0.3) is 0 Å². The summed E-state index contributed by atoms with van der Waals surface area (Å²) in [5.74, 6) is 0.809. The largest absolute Gasteiger partial charge is 0.394 e. The molecule has 0 radical (unpaired) electrons. The summed E-state index contributed by atoms with van der Waals surface area (Å²) < 4.78 is 21.6. The molecule has 0 amide bonds. The molecule has 152 valence electrons. The zero-order valence-electron chi connectivity index (χ0n) is 16.7. The fraction of sp³-hybridized carbons (Fsp3) is 1.00. The minimum absolute atomic E-state index is 0.0566. The minimum atomic E-state index is 0.0566. The molecule has 0 saturated carbocycles. The zero-order chi connectivity index (χ0) is 18.4. The zero-order valence-corrected chi connectivity index (χ0v) is 16.7. The van der Waals surface area contributed by atoms with Crippen molar-refractivity contribution in [2.75, 3.05) is 59.5 Å². The van der Waals surface area contributed by atoms with Crippen LogP contribution in [0.1, 0.15) is 65.2 Å². The Morgan fingerprint density at radius 3 is 1.64 bits per heavy atom. The minimum Gasteiger partial charge on any atom is -0.394 e. The quantitative estimate of drug-likeness (QED) is 0.315. The smallest absolute Gasteiger partial charge is 0.0701 e. The molecule has 0 aromatic carbocycles. The third-order valence-corrected chi connectivity index (χ3v) is 4.32. The number of ether oxygens (including phenoxy) is 4. The van der Waals surface area contributed by atoms with Crippen LogP contribution in [0.25, 0.3) is 0 Å². The molecule has 1 unspecified atom stereocenters. The summed E-state index contributed by atoms with van der Waals surface area (Å²) in [4.78, 5) is 0. The Hall–Kier alpha value is -0.200. The standard InChI is InChI=1S/C20H42O5/c1-3-5-6-7-8-9-20(4-2)10-12-22-14-16-24-18-19-25-17-15-23-13-11-21/h20-21H,3-19H2,1-2H3. The monoisotopic (exact) mass is 362 g/mol. The Kier molecular flexibility index (Phi) is 21.7. The van der Waals surface area contributed by atoms with Crippen LogP contribution >= 0.6 is 0 Å². The Morgan fingerprint density at radius 2 is 1.12 bits per heavy atom. The first kappa shape index (κ1) is 24.8. The van der Waals surface area contributed by atoms with Gasteiger partial charge in [-0.2, -0.15) is 0 Å². The summed E-state index contributed by atoms with van der Waals surface area (Å²) in [6, 6.07) is 0. The average Bonchev–Trinajstić information content (AvgIpc) is 2.63. The lowest BCUT2D eigenvalue weighted by Crippen LogP contribution is -2.13. The van der Waals surface area contributed by atoms with Crippen molar-refractivity contribution in [3.05, 3.63) is 0 Å². The molecule has 0 heterocycles. The van der Waals surface area contributed by atoms with E-state index in [-0.39, 0.29) is 6.61 Å². The van der Waals surface area contributed by atoms with E-state index in [1.54, 1.807) is 0 Å². The second-order valence-electron chi connectivity index (χ2n) is 6.44. The fourth-order valence-electron chi connectivity index (χ4n) is 2.67. The van der Waals surface area contributed by atoms with Gasteiger partial charge in [0.15, 0.2) is 0 Å². The summed E-state index contributed by atoms with van der Waals surface area (Å²) in [6.07, 6.45) is 10.6. The Bertz CT molecular complexity index is 238. The van der Waals surface area contributed by atoms with Crippen LogP contribution in [0, 0.1) is 5.92 Å². The molecule has 0 spiro atoms. The van der Waals surface area contributed by atoms with E-state index in [1.807, 2.05) is 0 Å². The van der Waals surface area contributed by atoms with E-state index in [9.17, 15) is 0 Å². The van der Waals surface area contributed by atoms with Crippen LogP contribution in [0.3, 0.4) is 0 Å². The molecular weight excluding hydrogens is 320 g/mol. The molecule has 0 rings (SSSR count). The highest BCUT2D eigenvalue weighted by Gasteiger charge is 2.06. The van der Waals surface area contributed by atoms with Gasteiger partial charge in [-0.25, -0.2) is 0 Å². The van der Waals surface area contributed by atoms with Gasteiger partial charge in [-0.15, -0.1) is 0 Å². The van der Waals surface area contributed by atoms with Crippen molar-refractivity contribution in [3.8, 4) is 0 Å². The highest BCUT2D eigenvalue weighted by molar-refractivity contribution is 4.58. The van der Waals surface area contributed by atoms with Crippen LogP contribution in [-0.2, 0) is 18.9 Å². The lowest BCUT2D eigenvalue weighted by Gasteiger charge is -2.14. The SMILES string of the molecule is CCCCCCCC(CC)CCOCCOCCOCCOCCO. The first-order valence-electron chi connectivity index (χ1n) is 10.3. The molecule has 0 aromatic heterocycles. The van der Waals surface area contributed by atoms with Gasteiger partial charge in [0.1, 0.15) is 0 Å². The predicted molar refractivity (Wildman–Crippen MR) is 102 cm³/mol. The van der Waals surface area contributed by atoms with Crippen molar-refractivity contribution in [2.45, 2.75) is 65.2 Å². The normalized spacial score (nSPS) is 12.6. The molecule has 5 heteroatoms. The van der Waals surface area contributed by atoms with Gasteiger partial charge in [0.05, 0.1) is 52.9 Å². The van der Waals surface area contributed by atoms with Crippen LogP contribution in [-0.4, -0.2) is 64.6 Å². The number of unbranched alkanes of at least 4 members (excludes halogenated alkanes) is 4. The second kappa shape index (κ2) is 21.8. The van der Waals surface area contributed by atoms with E-state index < -0.39 is 0 Å². The predicted octanol–water partition coefficient (Wildman–Crippen LogP) is 3.82. The number of hydrogen-bond acceptors (Lipinski definition) is 5. The van der Waals surface area contributed by atoms with Crippen LogP contribution < -0.4 is 0 Å². The Morgan fingerprint density at radius 1 is 0.600 bits per heavy atom. The molecule has 0 aliphatic heterocycles. The van der Waals surface area contributed by atoms with Crippen LogP contribution in [0.4, 0.5) is 0 Å². The van der Waals surface area contributed by atoms with Crippen LogP contribution in [0.2, 0.25) is 0 Å². The number of aliphatic hydroxyl groups is 1. The Balaban J connectivity index is 3.22. The fourth-order valence-corrected chi connectivity index (χ4v) is 2.67. The number of aliphatic hydroxyl groups excluding tert-OH is 1. The molecule has 1 N–H and O–H groups in total. The van der Waals surface area contributed by atoms with Crippen molar-refractivity contribution < 1.29 is 24.1 Å². The average molecular weight is 363 g/mol. The van der Waals surface area contributed by atoms with E-state index in [1.165, 1.54) is 51.4 Å².